The van der Waals surface area contributed by atoms with E-state index < -0.39 is 11.9 Å². The van der Waals surface area contributed by atoms with E-state index in [9.17, 15) is 9.59 Å². The van der Waals surface area contributed by atoms with E-state index in [0.717, 1.165) is 0 Å². The smallest absolute Gasteiger partial charge is 0.330 e. The van der Waals surface area contributed by atoms with Crippen molar-refractivity contribution in [3.05, 3.63) is 24.5 Å². The zero-order valence-electron chi connectivity index (χ0n) is 9.56. The van der Waals surface area contributed by atoms with E-state index in [-0.39, 0.29) is 12.6 Å². The molecule has 0 aromatic rings. The quantitative estimate of drug-likeness (QED) is 0.540. The Morgan fingerprint density at radius 3 is 2.88 bits per heavy atom. The van der Waals surface area contributed by atoms with Crippen molar-refractivity contribution in [3.63, 3.8) is 0 Å². The fourth-order valence-electron chi connectivity index (χ4n) is 1.25. The van der Waals surface area contributed by atoms with Crippen molar-refractivity contribution >= 4 is 11.9 Å². The molecule has 0 aliphatic carbocycles. The summed E-state index contributed by atoms with van der Waals surface area (Å²) in [5.41, 5.74) is 0. The molecule has 0 saturated carbocycles. The molecular formula is C12H16O4. The summed E-state index contributed by atoms with van der Waals surface area (Å²) in [5.74, 6) is -0.471. The molecule has 1 fully saturated rings. The van der Waals surface area contributed by atoms with Gasteiger partial charge in [-0.15, -0.1) is 0 Å². The van der Waals surface area contributed by atoms with Crippen molar-refractivity contribution in [1.29, 1.82) is 0 Å². The van der Waals surface area contributed by atoms with E-state index in [1.807, 2.05) is 13.8 Å². The second-order valence-corrected chi connectivity index (χ2v) is 4.09. The van der Waals surface area contributed by atoms with Gasteiger partial charge in [-0.2, -0.15) is 0 Å². The Hall–Kier alpha value is -1.58. The predicted octanol–water partition coefficient (Wildman–Crippen LogP) is 1.82. The predicted molar refractivity (Wildman–Crippen MR) is 58.3 cm³/mol. The van der Waals surface area contributed by atoms with Crippen LogP contribution in [-0.4, -0.2) is 18.5 Å². The average molecular weight is 224 g/mol. The Kier molecular flexibility index (Phi) is 4.28. The third-order valence-electron chi connectivity index (χ3n) is 2.10. The number of ether oxygens (including phenoxy) is 2. The Labute approximate surface area is 94.9 Å². The molecule has 4 nitrogen and oxygen atoms in total. The first-order valence-electron chi connectivity index (χ1n) is 5.23. The maximum Gasteiger partial charge on any atom is 0.330 e. The topological polar surface area (TPSA) is 52.6 Å². The number of carbonyl (C=O) groups excluding carboxylic acids is 2. The third-order valence-corrected chi connectivity index (χ3v) is 2.10. The monoisotopic (exact) mass is 224 g/mol. The Balaban J connectivity index is 2.32. The van der Waals surface area contributed by atoms with Gasteiger partial charge in [-0.25, -0.2) is 4.79 Å². The van der Waals surface area contributed by atoms with Crippen LogP contribution in [0.3, 0.4) is 0 Å². The van der Waals surface area contributed by atoms with E-state index in [1.165, 1.54) is 6.08 Å². The summed E-state index contributed by atoms with van der Waals surface area (Å²) in [6.07, 6.45) is 3.55. The van der Waals surface area contributed by atoms with Gasteiger partial charge in [-0.3, -0.25) is 4.79 Å². The highest BCUT2D eigenvalue weighted by Crippen LogP contribution is 2.22. The summed E-state index contributed by atoms with van der Waals surface area (Å²) in [6.45, 7) is 7.52. The molecule has 1 saturated heterocycles. The summed E-state index contributed by atoms with van der Waals surface area (Å²) >= 11 is 0. The van der Waals surface area contributed by atoms with E-state index in [4.69, 9.17) is 9.47 Å². The molecule has 16 heavy (non-hydrogen) atoms. The molecular weight excluding hydrogens is 208 g/mol. The van der Waals surface area contributed by atoms with Crippen LogP contribution in [0.5, 0.6) is 0 Å². The molecule has 1 atom stereocenters. The zero-order valence-corrected chi connectivity index (χ0v) is 9.56. The van der Waals surface area contributed by atoms with E-state index in [0.29, 0.717) is 18.1 Å². The number of hydrogen-bond acceptors (Lipinski definition) is 4. The Bertz CT molecular complexity index is 328. The highest BCUT2D eigenvalue weighted by molar-refractivity contribution is 5.82. The number of rotatable bonds is 4. The average Bonchev–Trinajstić information content (AvgIpc) is 2.51. The van der Waals surface area contributed by atoms with Gasteiger partial charge in [-0.1, -0.05) is 26.5 Å². The molecule has 1 heterocycles. The second kappa shape index (κ2) is 5.49. The summed E-state index contributed by atoms with van der Waals surface area (Å²) < 4.78 is 9.69. The minimum absolute atomic E-state index is 0.0547. The Morgan fingerprint density at radius 2 is 2.38 bits per heavy atom. The molecule has 1 aliphatic heterocycles. The molecule has 0 bridgehead atoms. The highest BCUT2D eigenvalue weighted by atomic mass is 16.6. The van der Waals surface area contributed by atoms with Crippen LogP contribution >= 0.6 is 0 Å². The lowest BCUT2D eigenvalue weighted by Crippen LogP contribution is -2.17. The molecule has 1 rings (SSSR count). The van der Waals surface area contributed by atoms with Crippen molar-refractivity contribution < 1.29 is 19.1 Å². The van der Waals surface area contributed by atoms with Crippen LogP contribution in [0.2, 0.25) is 0 Å². The SMILES string of the molecule is C=C1CC(COC(=O)/C=C/C(C)C)C(=O)O1. The van der Waals surface area contributed by atoms with Gasteiger partial charge in [0.25, 0.3) is 0 Å². The van der Waals surface area contributed by atoms with Gasteiger partial charge in [0, 0.05) is 12.5 Å². The number of cyclic esters (lactones) is 1. The first-order chi connectivity index (χ1) is 7.49. The van der Waals surface area contributed by atoms with Gasteiger partial charge in [-0.05, 0) is 5.92 Å². The van der Waals surface area contributed by atoms with Crippen LogP contribution in [0.1, 0.15) is 20.3 Å². The van der Waals surface area contributed by atoms with Crippen LogP contribution in [0.25, 0.3) is 0 Å². The lowest BCUT2D eigenvalue weighted by Gasteiger charge is -2.04. The fourth-order valence-corrected chi connectivity index (χ4v) is 1.25. The van der Waals surface area contributed by atoms with Crippen molar-refractivity contribution in [2.24, 2.45) is 11.8 Å². The van der Waals surface area contributed by atoms with Crippen LogP contribution in [0.4, 0.5) is 0 Å². The van der Waals surface area contributed by atoms with E-state index >= 15 is 0 Å². The summed E-state index contributed by atoms with van der Waals surface area (Å²) in [4.78, 5) is 22.4. The molecule has 0 N–H and O–H groups in total. The maximum absolute atomic E-state index is 11.2. The Morgan fingerprint density at radius 1 is 1.69 bits per heavy atom. The lowest BCUT2D eigenvalue weighted by atomic mass is 10.1. The van der Waals surface area contributed by atoms with E-state index in [1.54, 1.807) is 6.08 Å². The molecule has 1 aliphatic rings. The maximum atomic E-state index is 11.2. The molecule has 1 unspecified atom stereocenters. The molecule has 0 amide bonds. The number of carbonyl (C=O) groups is 2. The first kappa shape index (κ1) is 12.5. The third kappa shape index (κ3) is 3.88. The van der Waals surface area contributed by atoms with Crippen LogP contribution < -0.4 is 0 Å². The molecule has 0 aromatic heterocycles. The molecule has 88 valence electrons. The van der Waals surface area contributed by atoms with Crippen molar-refractivity contribution in [2.75, 3.05) is 6.61 Å². The van der Waals surface area contributed by atoms with Gasteiger partial charge in [0.15, 0.2) is 0 Å². The van der Waals surface area contributed by atoms with Gasteiger partial charge in [0.1, 0.15) is 12.4 Å². The number of hydrogen-bond donors (Lipinski definition) is 0. The molecule has 0 aromatic carbocycles. The first-order valence-corrected chi connectivity index (χ1v) is 5.23. The van der Waals surface area contributed by atoms with Crippen molar-refractivity contribution in [1.82, 2.24) is 0 Å². The fraction of sp³-hybridized carbons (Fsp3) is 0.500. The minimum Gasteiger partial charge on any atom is -0.462 e. The zero-order chi connectivity index (χ0) is 12.1. The van der Waals surface area contributed by atoms with Crippen LogP contribution in [0.15, 0.2) is 24.5 Å². The molecule has 4 heteroatoms. The second-order valence-electron chi connectivity index (χ2n) is 4.09. The minimum atomic E-state index is -0.431. The van der Waals surface area contributed by atoms with Gasteiger partial charge in [0.2, 0.25) is 0 Å². The lowest BCUT2D eigenvalue weighted by molar-refractivity contribution is -0.145. The highest BCUT2D eigenvalue weighted by Gasteiger charge is 2.30. The van der Waals surface area contributed by atoms with Gasteiger partial charge in [0.05, 0.1) is 5.92 Å². The standard InChI is InChI=1S/C12H16O4/c1-8(2)4-5-11(13)15-7-10-6-9(3)16-12(10)14/h4-5,8,10H,3,6-7H2,1-2H3/b5-4+. The summed E-state index contributed by atoms with van der Waals surface area (Å²) in [5, 5.41) is 0. The van der Waals surface area contributed by atoms with Crippen LogP contribution in [-0.2, 0) is 19.1 Å². The van der Waals surface area contributed by atoms with Gasteiger partial charge >= 0.3 is 11.9 Å². The number of allylic oxidation sites excluding steroid dienone is 2. The van der Waals surface area contributed by atoms with Crippen molar-refractivity contribution in [3.8, 4) is 0 Å². The van der Waals surface area contributed by atoms with Crippen LogP contribution in [0, 0.1) is 11.8 Å². The summed E-state index contributed by atoms with van der Waals surface area (Å²) in [7, 11) is 0. The van der Waals surface area contributed by atoms with E-state index in [2.05, 4.69) is 6.58 Å². The summed E-state index contributed by atoms with van der Waals surface area (Å²) in [6, 6.07) is 0. The number of esters is 2. The van der Waals surface area contributed by atoms with Crippen molar-refractivity contribution in [2.45, 2.75) is 20.3 Å². The van der Waals surface area contributed by atoms with Gasteiger partial charge < -0.3 is 9.47 Å². The molecule has 0 spiro atoms. The normalized spacial score (nSPS) is 20.6. The largest absolute Gasteiger partial charge is 0.462 e. The molecule has 0 radical (unpaired) electrons.